The molecule has 0 bridgehead atoms. The van der Waals surface area contributed by atoms with E-state index in [0.29, 0.717) is 6.61 Å². The van der Waals surface area contributed by atoms with Crippen molar-refractivity contribution >= 4 is 5.97 Å². The van der Waals surface area contributed by atoms with E-state index in [9.17, 15) is 4.79 Å². The summed E-state index contributed by atoms with van der Waals surface area (Å²) in [6.07, 6.45) is 3.89. The molecule has 0 saturated carbocycles. The van der Waals surface area contributed by atoms with Gasteiger partial charge in [0.25, 0.3) is 0 Å². The average molecular weight is 186 g/mol. The lowest BCUT2D eigenvalue weighted by atomic mass is 9.99. The molecule has 1 aliphatic rings. The van der Waals surface area contributed by atoms with E-state index in [1.54, 1.807) is 0 Å². The lowest BCUT2D eigenvalue weighted by Crippen LogP contribution is -2.23. The zero-order valence-electron chi connectivity index (χ0n) is 8.41. The van der Waals surface area contributed by atoms with Gasteiger partial charge in [0, 0.05) is 13.3 Å². The highest BCUT2D eigenvalue weighted by atomic mass is 16.7. The summed E-state index contributed by atoms with van der Waals surface area (Å²) < 4.78 is 10.4. The zero-order valence-corrected chi connectivity index (χ0v) is 8.41. The lowest BCUT2D eigenvalue weighted by molar-refractivity contribution is -0.180. The Bertz CT molecular complexity index is 168. The SMILES string of the molecule is CC(=O)OC1CC[C@@H](C)CCCO1. The molecule has 1 saturated heterocycles. The van der Waals surface area contributed by atoms with E-state index in [1.807, 2.05) is 0 Å². The molecule has 1 unspecified atom stereocenters. The molecule has 1 fully saturated rings. The van der Waals surface area contributed by atoms with Gasteiger partial charge in [-0.25, -0.2) is 0 Å². The van der Waals surface area contributed by atoms with Crippen molar-refractivity contribution in [1.29, 1.82) is 0 Å². The molecule has 0 aromatic carbocycles. The van der Waals surface area contributed by atoms with E-state index in [2.05, 4.69) is 6.92 Å². The highest BCUT2D eigenvalue weighted by Crippen LogP contribution is 2.19. The molecule has 1 heterocycles. The molecule has 76 valence electrons. The van der Waals surface area contributed by atoms with Crippen LogP contribution in [0.1, 0.15) is 39.5 Å². The maximum atomic E-state index is 10.7. The maximum absolute atomic E-state index is 10.7. The lowest BCUT2D eigenvalue weighted by Gasteiger charge is -2.22. The van der Waals surface area contributed by atoms with Gasteiger partial charge in [0.2, 0.25) is 6.29 Å². The van der Waals surface area contributed by atoms with Gasteiger partial charge in [-0.05, 0) is 25.2 Å². The van der Waals surface area contributed by atoms with Crippen LogP contribution in [0.3, 0.4) is 0 Å². The number of ether oxygens (including phenoxy) is 2. The van der Waals surface area contributed by atoms with Gasteiger partial charge in [-0.2, -0.15) is 0 Å². The van der Waals surface area contributed by atoms with Crippen LogP contribution in [0.2, 0.25) is 0 Å². The summed E-state index contributed by atoms with van der Waals surface area (Å²) in [7, 11) is 0. The molecular weight excluding hydrogens is 168 g/mol. The number of esters is 1. The molecule has 0 aromatic heterocycles. The fraction of sp³-hybridized carbons (Fsp3) is 0.900. The van der Waals surface area contributed by atoms with Gasteiger partial charge in [0.1, 0.15) is 0 Å². The van der Waals surface area contributed by atoms with Crippen LogP contribution in [-0.2, 0) is 14.3 Å². The second-order valence-corrected chi connectivity index (χ2v) is 3.73. The summed E-state index contributed by atoms with van der Waals surface area (Å²) in [5.74, 6) is 0.472. The Morgan fingerprint density at radius 2 is 2.15 bits per heavy atom. The summed E-state index contributed by atoms with van der Waals surface area (Å²) in [5, 5.41) is 0. The second kappa shape index (κ2) is 5.22. The number of rotatable bonds is 1. The zero-order chi connectivity index (χ0) is 9.68. The quantitative estimate of drug-likeness (QED) is 0.588. The minimum absolute atomic E-state index is 0.252. The smallest absolute Gasteiger partial charge is 0.304 e. The van der Waals surface area contributed by atoms with E-state index in [-0.39, 0.29) is 12.3 Å². The van der Waals surface area contributed by atoms with Crippen LogP contribution >= 0.6 is 0 Å². The van der Waals surface area contributed by atoms with Gasteiger partial charge < -0.3 is 9.47 Å². The van der Waals surface area contributed by atoms with Gasteiger partial charge in [0.05, 0.1) is 6.61 Å². The predicted octanol–water partition coefficient (Wildman–Crippen LogP) is 2.10. The third kappa shape index (κ3) is 4.27. The first kappa shape index (κ1) is 10.5. The Balaban J connectivity index is 2.32. The monoisotopic (exact) mass is 186 g/mol. The van der Waals surface area contributed by atoms with Crippen molar-refractivity contribution < 1.29 is 14.3 Å². The van der Waals surface area contributed by atoms with E-state index in [4.69, 9.17) is 9.47 Å². The van der Waals surface area contributed by atoms with Crippen LogP contribution in [0.5, 0.6) is 0 Å². The van der Waals surface area contributed by atoms with Crippen LogP contribution < -0.4 is 0 Å². The second-order valence-electron chi connectivity index (χ2n) is 3.73. The fourth-order valence-corrected chi connectivity index (χ4v) is 1.57. The van der Waals surface area contributed by atoms with E-state index in [1.165, 1.54) is 13.3 Å². The van der Waals surface area contributed by atoms with Crippen LogP contribution in [0.4, 0.5) is 0 Å². The van der Waals surface area contributed by atoms with Crippen molar-refractivity contribution in [1.82, 2.24) is 0 Å². The van der Waals surface area contributed by atoms with E-state index >= 15 is 0 Å². The number of hydrogen-bond acceptors (Lipinski definition) is 3. The van der Waals surface area contributed by atoms with Crippen LogP contribution in [0, 0.1) is 5.92 Å². The van der Waals surface area contributed by atoms with Crippen LogP contribution in [0.25, 0.3) is 0 Å². The minimum Gasteiger partial charge on any atom is -0.436 e. The van der Waals surface area contributed by atoms with Gasteiger partial charge in [-0.1, -0.05) is 6.92 Å². The molecule has 0 N–H and O–H groups in total. The van der Waals surface area contributed by atoms with Crippen molar-refractivity contribution in [3.05, 3.63) is 0 Å². The van der Waals surface area contributed by atoms with Crippen molar-refractivity contribution in [2.24, 2.45) is 5.92 Å². The first-order chi connectivity index (χ1) is 6.18. The van der Waals surface area contributed by atoms with Crippen molar-refractivity contribution in [2.75, 3.05) is 6.61 Å². The summed E-state index contributed by atoms with van der Waals surface area (Å²) in [5.41, 5.74) is 0. The maximum Gasteiger partial charge on any atom is 0.304 e. The summed E-state index contributed by atoms with van der Waals surface area (Å²) in [6.45, 7) is 4.37. The molecule has 0 aromatic rings. The first-order valence-electron chi connectivity index (χ1n) is 4.97. The van der Waals surface area contributed by atoms with Crippen LogP contribution in [-0.4, -0.2) is 18.9 Å². The Morgan fingerprint density at radius 1 is 1.38 bits per heavy atom. The number of carbonyl (C=O) groups is 1. The molecule has 0 radical (unpaired) electrons. The molecule has 0 aliphatic carbocycles. The Labute approximate surface area is 79.4 Å². The fourth-order valence-electron chi connectivity index (χ4n) is 1.57. The van der Waals surface area contributed by atoms with Crippen molar-refractivity contribution in [3.63, 3.8) is 0 Å². The highest BCUT2D eigenvalue weighted by molar-refractivity contribution is 5.66. The topological polar surface area (TPSA) is 35.5 Å². The van der Waals surface area contributed by atoms with Gasteiger partial charge in [0.15, 0.2) is 0 Å². The number of hydrogen-bond donors (Lipinski definition) is 0. The molecule has 1 aliphatic heterocycles. The summed E-state index contributed by atoms with van der Waals surface area (Å²) in [6, 6.07) is 0. The standard InChI is InChI=1S/C10H18O3/c1-8-4-3-7-12-10(6-5-8)13-9(2)11/h8,10H,3-7H2,1-2H3/t8-,10?/m0/s1. The molecule has 0 spiro atoms. The average Bonchev–Trinajstić information content (AvgIpc) is 2.03. The Kier molecular flexibility index (Phi) is 4.22. The molecule has 1 rings (SSSR count). The molecule has 2 atom stereocenters. The Hall–Kier alpha value is -0.570. The molecule has 13 heavy (non-hydrogen) atoms. The Morgan fingerprint density at radius 3 is 2.85 bits per heavy atom. The van der Waals surface area contributed by atoms with Crippen molar-refractivity contribution in [3.8, 4) is 0 Å². The highest BCUT2D eigenvalue weighted by Gasteiger charge is 2.16. The summed E-state index contributed by atoms with van der Waals surface area (Å²) >= 11 is 0. The molecule has 0 amide bonds. The normalized spacial score (nSPS) is 30.3. The van der Waals surface area contributed by atoms with E-state index < -0.39 is 0 Å². The third-order valence-corrected chi connectivity index (χ3v) is 2.34. The van der Waals surface area contributed by atoms with Crippen LogP contribution in [0.15, 0.2) is 0 Å². The molecule has 3 nitrogen and oxygen atoms in total. The predicted molar refractivity (Wildman–Crippen MR) is 49.1 cm³/mol. The van der Waals surface area contributed by atoms with Gasteiger partial charge >= 0.3 is 5.97 Å². The van der Waals surface area contributed by atoms with Crippen molar-refractivity contribution in [2.45, 2.75) is 45.8 Å². The first-order valence-corrected chi connectivity index (χ1v) is 4.97. The minimum atomic E-state index is -0.305. The third-order valence-electron chi connectivity index (χ3n) is 2.34. The largest absolute Gasteiger partial charge is 0.436 e. The van der Waals surface area contributed by atoms with Gasteiger partial charge in [-0.15, -0.1) is 0 Å². The van der Waals surface area contributed by atoms with Gasteiger partial charge in [-0.3, -0.25) is 4.79 Å². The summed E-state index contributed by atoms with van der Waals surface area (Å²) in [4.78, 5) is 10.7. The van der Waals surface area contributed by atoms with E-state index in [0.717, 1.165) is 25.2 Å². The molecule has 3 heteroatoms. The molecular formula is C10H18O3. The number of carbonyl (C=O) groups excluding carboxylic acids is 1.